The van der Waals surface area contributed by atoms with E-state index in [9.17, 15) is 9.59 Å². The summed E-state index contributed by atoms with van der Waals surface area (Å²) < 4.78 is 5.10. The van der Waals surface area contributed by atoms with Gasteiger partial charge < -0.3 is 4.74 Å². The van der Waals surface area contributed by atoms with E-state index >= 15 is 0 Å². The van der Waals surface area contributed by atoms with Crippen molar-refractivity contribution < 1.29 is 14.3 Å². The summed E-state index contributed by atoms with van der Waals surface area (Å²) in [4.78, 5) is 25.4. The number of rotatable bonds is 5. The lowest BCUT2D eigenvalue weighted by atomic mass is 9.41. The van der Waals surface area contributed by atoms with Crippen molar-refractivity contribution in [3.05, 3.63) is 11.6 Å². The highest BCUT2D eigenvalue weighted by atomic mass is 16.5. The molecule has 0 aromatic heterocycles. The fourth-order valence-corrected chi connectivity index (χ4v) is 10.4. The Bertz CT molecular complexity index is 1030. The van der Waals surface area contributed by atoms with Crippen molar-refractivity contribution in [2.24, 2.45) is 61.0 Å². The first-order valence-electron chi connectivity index (χ1n) is 14.9. The van der Waals surface area contributed by atoms with Gasteiger partial charge in [0, 0.05) is 11.8 Å². The van der Waals surface area contributed by atoms with Crippen molar-refractivity contribution in [3.8, 4) is 0 Å². The maximum Gasteiger partial charge on any atom is 0.315 e. The van der Waals surface area contributed by atoms with E-state index in [0.717, 1.165) is 32.1 Å². The second-order valence-corrected chi connectivity index (χ2v) is 15.0. The molecule has 0 saturated heterocycles. The Balaban J connectivity index is 1.35. The lowest BCUT2D eigenvalue weighted by Gasteiger charge is -2.63. The van der Waals surface area contributed by atoms with Crippen molar-refractivity contribution in [1.29, 1.82) is 0 Å². The molecule has 0 bridgehead atoms. The molecule has 0 spiro atoms. The summed E-state index contributed by atoms with van der Waals surface area (Å²) in [7, 11) is 1.47. The van der Waals surface area contributed by atoms with Crippen LogP contribution in [0.25, 0.3) is 0 Å². The number of fused-ring (bicyclic) bond motifs is 5. The molecule has 1 aliphatic heterocycles. The average Bonchev–Trinajstić information content (AvgIpc) is 3.37. The Labute approximate surface area is 224 Å². The minimum atomic E-state index is -0.616. The quantitative estimate of drug-likeness (QED) is 0.283. The van der Waals surface area contributed by atoms with Gasteiger partial charge in [-0.1, -0.05) is 53.2 Å². The van der Waals surface area contributed by atoms with Gasteiger partial charge in [-0.25, -0.2) is 0 Å². The van der Waals surface area contributed by atoms with Gasteiger partial charge in [-0.15, -0.1) is 0 Å². The van der Waals surface area contributed by atoms with Crippen molar-refractivity contribution in [1.82, 2.24) is 0 Å². The number of carbonyl (C=O) groups excluding carboxylic acids is 2. The van der Waals surface area contributed by atoms with Crippen LogP contribution in [0.1, 0.15) is 106 Å². The summed E-state index contributed by atoms with van der Waals surface area (Å²) in [5.74, 6) is 2.63. The van der Waals surface area contributed by atoms with Gasteiger partial charge in [-0.3, -0.25) is 9.59 Å². The number of esters is 1. The highest BCUT2D eigenvalue weighted by molar-refractivity contribution is 5.85. The molecule has 4 aliphatic carbocycles. The summed E-state index contributed by atoms with van der Waals surface area (Å²) in [6, 6.07) is -0.0750. The van der Waals surface area contributed by atoms with Crippen molar-refractivity contribution >= 4 is 11.8 Å². The molecule has 206 valence electrons. The molecule has 5 nitrogen and oxygen atoms in total. The minimum absolute atomic E-state index is 0.0750. The van der Waals surface area contributed by atoms with Crippen molar-refractivity contribution in [2.45, 2.75) is 112 Å². The normalized spacial score (nSPS) is 47.0. The largest absolute Gasteiger partial charge is 0.468 e. The number of Topliss-reactive ketones (excluding diaryl/α,β-unsaturated/α-hetero) is 1. The maximum atomic E-state index is 12.9. The number of ether oxygens (including phenoxy) is 1. The van der Waals surface area contributed by atoms with E-state index in [1.807, 2.05) is 6.92 Å². The number of hydrogen-bond donors (Lipinski definition) is 0. The lowest BCUT2D eigenvalue weighted by molar-refractivity contribution is -0.151. The van der Waals surface area contributed by atoms with Crippen LogP contribution in [-0.2, 0) is 14.3 Å². The molecule has 0 unspecified atom stereocenters. The first kappa shape index (κ1) is 27.1. The molecule has 0 aromatic rings. The number of hydrogen-bond acceptors (Lipinski definition) is 5. The molecule has 3 fully saturated rings. The van der Waals surface area contributed by atoms with Gasteiger partial charge >= 0.3 is 5.97 Å². The third kappa shape index (κ3) is 3.60. The van der Waals surface area contributed by atoms with Crippen LogP contribution in [0.2, 0.25) is 0 Å². The second kappa shape index (κ2) is 8.74. The van der Waals surface area contributed by atoms with Gasteiger partial charge in [0.15, 0.2) is 0 Å². The molecule has 37 heavy (non-hydrogen) atoms. The molecule has 5 heteroatoms. The first-order valence-corrected chi connectivity index (χ1v) is 14.9. The minimum Gasteiger partial charge on any atom is -0.468 e. The lowest BCUT2D eigenvalue weighted by Crippen LogP contribution is -2.57. The molecule has 0 N–H and O–H groups in total. The van der Waals surface area contributed by atoms with Gasteiger partial charge in [0.1, 0.15) is 11.2 Å². The second-order valence-electron chi connectivity index (χ2n) is 15.0. The Morgan fingerprint density at radius 3 is 2.54 bits per heavy atom. The van der Waals surface area contributed by atoms with Crippen LogP contribution >= 0.6 is 0 Å². The van der Waals surface area contributed by atoms with Crippen LogP contribution in [-0.4, -0.2) is 31.4 Å². The molecule has 5 rings (SSSR count). The Hall–Kier alpha value is -1.52. The predicted octanol–water partition coefficient (Wildman–Crippen LogP) is 7.59. The zero-order valence-corrected chi connectivity index (χ0v) is 24.7. The van der Waals surface area contributed by atoms with E-state index in [2.05, 4.69) is 57.8 Å². The van der Waals surface area contributed by atoms with E-state index in [1.165, 1.54) is 32.8 Å². The van der Waals surface area contributed by atoms with Crippen LogP contribution in [0.5, 0.6) is 0 Å². The van der Waals surface area contributed by atoms with Gasteiger partial charge in [-0.05, 0) is 98.2 Å². The highest BCUT2D eigenvalue weighted by Gasteiger charge is 2.65. The fourth-order valence-electron chi connectivity index (χ4n) is 10.4. The molecular formula is C32H50N2O3. The zero-order chi connectivity index (χ0) is 27.0. The van der Waals surface area contributed by atoms with Gasteiger partial charge in [0.25, 0.3) is 0 Å². The van der Waals surface area contributed by atoms with Crippen molar-refractivity contribution in [2.75, 3.05) is 13.7 Å². The standard InChI is InChI=1S/C32H50N2O3/c1-20(9-12-25-30(5,19-33-34-25)27(36)37-8)21-13-17-32(7)23-10-11-24-28(2,3)26(35)15-16-29(24,4)22(23)14-18-31(21,32)6/h10,20-22,24-25H,9,11-19H2,1-8H3/t20-,21+,22-,24+,25+,29-,30+,31-,32+/m1/s1. The van der Waals surface area contributed by atoms with Crippen LogP contribution in [0, 0.1) is 50.7 Å². The maximum absolute atomic E-state index is 12.9. The summed E-state index contributed by atoms with van der Waals surface area (Å²) >= 11 is 0. The summed E-state index contributed by atoms with van der Waals surface area (Å²) in [6.45, 7) is 17.0. The molecule has 0 radical (unpaired) electrons. The van der Waals surface area contributed by atoms with E-state index in [4.69, 9.17) is 4.74 Å². The number of methoxy groups -OCH3 is 1. The van der Waals surface area contributed by atoms with E-state index in [-0.39, 0.29) is 28.3 Å². The van der Waals surface area contributed by atoms with E-state index < -0.39 is 5.41 Å². The SMILES string of the molecule is COC(=O)[C@@]1(C)CN=N[C@H]1CC[C@@H](C)[C@@H]1CC[C@@]2(C)C3=CC[C@H]4C(C)(C)C(=O)CC[C@]4(C)[C@@H]3CC[C@]12C. The van der Waals surface area contributed by atoms with Crippen LogP contribution < -0.4 is 0 Å². The Kier molecular flexibility index (Phi) is 6.40. The summed E-state index contributed by atoms with van der Waals surface area (Å²) in [6.07, 6.45) is 12.5. The molecular weight excluding hydrogens is 460 g/mol. The Morgan fingerprint density at radius 1 is 1.11 bits per heavy atom. The molecule has 9 atom stereocenters. The van der Waals surface area contributed by atoms with Crippen LogP contribution in [0.4, 0.5) is 0 Å². The average molecular weight is 511 g/mol. The predicted molar refractivity (Wildman–Crippen MR) is 146 cm³/mol. The third-order valence-electron chi connectivity index (χ3n) is 13.2. The number of carbonyl (C=O) groups is 2. The number of allylic oxidation sites excluding steroid dienone is 2. The third-order valence-corrected chi connectivity index (χ3v) is 13.2. The molecule has 1 heterocycles. The van der Waals surface area contributed by atoms with Crippen LogP contribution in [0.15, 0.2) is 21.9 Å². The number of ketones is 1. The van der Waals surface area contributed by atoms with E-state index in [1.54, 1.807) is 5.57 Å². The molecule has 0 aromatic carbocycles. The van der Waals surface area contributed by atoms with Crippen LogP contribution in [0.3, 0.4) is 0 Å². The zero-order valence-electron chi connectivity index (χ0n) is 24.7. The molecule has 0 amide bonds. The van der Waals surface area contributed by atoms with Gasteiger partial charge in [-0.2, -0.15) is 10.2 Å². The molecule has 5 aliphatic rings. The topological polar surface area (TPSA) is 68.1 Å². The van der Waals surface area contributed by atoms with Crippen molar-refractivity contribution in [3.63, 3.8) is 0 Å². The number of azo groups is 1. The highest BCUT2D eigenvalue weighted by Crippen LogP contribution is 2.73. The fraction of sp³-hybridized carbons (Fsp3) is 0.875. The number of nitrogens with zero attached hydrogens (tertiary/aromatic N) is 2. The summed E-state index contributed by atoms with van der Waals surface area (Å²) in [5.41, 5.74) is 1.68. The van der Waals surface area contributed by atoms with E-state index in [0.29, 0.717) is 41.4 Å². The summed E-state index contributed by atoms with van der Waals surface area (Å²) in [5, 5.41) is 8.72. The first-order chi connectivity index (χ1) is 17.3. The monoisotopic (exact) mass is 510 g/mol. The smallest absolute Gasteiger partial charge is 0.315 e. The Morgan fingerprint density at radius 2 is 1.84 bits per heavy atom. The van der Waals surface area contributed by atoms with Gasteiger partial charge in [0.05, 0.1) is 19.7 Å². The van der Waals surface area contributed by atoms with Gasteiger partial charge in [0.2, 0.25) is 0 Å². The molecule has 3 saturated carbocycles.